The minimum atomic E-state index is -0.487. The number of carbonyl (C=O) groups excluding carboxylic acids is 2. The number of fused-ring (bicyclic) bond motifs is 2. The normalized spacial score (nSPS) is 18.8. The molecule has 1 N–H and O–H groups in total. The Hall–Kier alpha value is -4.41. The third-order valence-corrected chi connectivity index (χ3v) is 7.88. The van der Waals surface area contributed by atoms with Crippen LogP contribution in [-0.2, 0) is 37.5 Å². The molecule has 1 atom stereocenters. The number of hydrogen-bond acceptors (Lipinski definition) is 4. The molecule has 2 amide bonds. The SMILES string of the molecule is [C-]#[N+]c1ccc2c(c1)CN(Cc1ccc(COc3cccc4c3CN([C@H]3CCC(=C)NC3=O)C4=O)cc1)CC2. The van der Waals surface area contributed by atoms with E-state index in [4.69, 9.17) is 11.3 Å². The summed E-state index contributed by atoms with van der Waals surface area (Å²) < 4.78 is 6.19. The summed E-state index contributed by atoms with van der Waals surface area (Å²) in [6, 6.07) is 19.5. The van der Waals surface area contributed by atoms with Crippen LogP contribution in [-0.4, -0.2) is 34.2 Å². The smallest absolute Gasteiger partial charge is 0.255 e. The highest BCUT2D eigenvalue weighted by molar-refractivity contribution is 6.02. The number of ether oxygens (including phenoxy) is 1. The first-order valence-corrected chi connectivity index (χ1v) is 13.3. The summed E-state index contributed by atoms with van der Waals surface area (Å²) >= 11 is 0. The van der Waals surface area contributed by atoms with Crippen LogP contribution in [0.5, 0.6) is 5.75 Å². The van der Waals surface area contributed by atoms with E-state index in [1.807, 2.05) is 24.3 Å². The van der Waals surface area contributed by atoms with E-state index >= 15 is 0 Å². The van der Waals surface area contributed by atoms with Crippen LogP contribution >= 0.6 is 0 Å². The van der Waals surface area contributed by atoms with Crippen molar-refractivity contribution in [3.05, 3.63) is 118 Å². The molecule has 0 aliphatic carbocycles. The molecule has 0 radical (unpaired) electrons. The van der Waals surface area contributed by atoms with Gasteiger partial charge in [0.25, 0.3) is 5.91 Å². The second-order valence-electron chi connectivity index (χ2n) is 10.5. The molecular formula is C32H30N4O3. The zero-order chi connectivity index (χ0) is 26.9. The van der Waals surface area contributed by atoms with Crippen molar-refractivity contribution in [2.45, 2.75) is 51.5 Å². The van der Waals surface area contributed by atoms with E-state index in [1.165, 1.54) is 16.7 Å². The maximum absolute atomic E-state index is 13.1. The van der Waals surface area contributed by atoms with Gasteiger partial charge in [-0.15, -0.1) is 0 Å². The molecule has 6 rings (SSSR count). The molecule has 0 spiro atoms. The first-order valence-electron chi connectivity index (χ1n) is 13.3. The van der Waals surface area contributed by atoms with Crippen molar-refractivity contribution in [1.82, 2.24) is 15.1 Å². The third kappa shape index (κ3) is 5.04. The Bertz CT molecular complexity index is 1500. The Kier molecular flexibility index (Phi) is 6.64. The van der Waals surface area contributed by atoms with Gasteiger partial charge in [-0.1, -0.05) is 55.1 Å². The zero-order valence-corrected chi connectivity index (χ0v) is 21.8. The molecule has 3 aliphatic heterocycles. The van der Waals surface area contributed by atoms with E-state index in [9.17, 15) is 9.59 Å². The van der Waals surface area contributed by atoms with E-state index in [0.29, 0.717) is 48.7 Å². The molecule has 0 unspecified atom stereocenters. The molecule has 39 heavy (non-hydrogen) atoms. The highest BCUT2D eigenvalue weighted by Crippen LogP contribution is 2.34. The van der Waals surface area contributed by atoms with Crippen molar-refractivity contribution in [3.8, 4) is 5.75 Å². The number of hydrogen-bond donors (Lipinski definition) is 1. The minimum Gasteiger partial charge on any atom is -0.489 e. The average molecular weight is 519 g/mol. The Morgan fingerprint density at radius 1 is 1.00 bits per heavy atom. The molecule has 0 aromatic heterocycles. The lowest BCUT2D eigenvalue weighted by atomic mass is 9.98. The second-order valence-corrected chi connectivity index (χ2v) is 10.5. The van der Waals surface area contributed by atoms with Gasteiger partial charge in [0.15, 0.2) is 5.69 Å². The lowest BCUT2D eigenvalue weighted by Gasteiger charge is -2.31. The number of benzene rings is 3. The fraction of sp³-hybridized carbons (Fsp3) is 0.281. The average Bonchev–Trinajstić information content (AvgIpc) is 3.28. The van der Waals surface area contributed by atoms with E-state index in [1.54, 1.807) is 11.0 Å². The molecule has 1 saturated heterocycles. The Balaban J connectivity index is 1.08. The summed E-state index contributed by atoms with van der Waals surface area (Å²) in [7, 11) is 0. The predicted molar refractivity (Wildman–Crippen MR) is 148 cm³/mol. The van der Waals surface area contributed by atoms with E-state index in [0.717, 1.165) is 37.2 Å². The monoisotopic (exact) mass is 518 g/mol. The maximum atomic E-state index is 13.1. The van der Waals surface area contributed by atoms with Crippen LogP contribution < -0.4 is 10.1 Å². The molecular weight excluding hydrogens is 488 g/mol. The molecule has 3 aromatic rings. The number of carbonyl (C=O) groups is 2. The van der Waals surface area contributed by atoms with Crippen LogP contribution in [0.3, 0.4) is 0 Å². The quantitative estimate of drug-likeness (QED) is 0.460. The molecule has 7 nitrogen and oxygen atoms in total. The number of allylic oxidation sites excluding steroid dienone is 1. The van der Waals surface area contributed by atoms with Crippen LogP contribution in [0.2, 0.25) is 0 Å². The highest BCUT2D eigenvalue weighted by Gasteiger charge is 2.39. The van der Waals surface area contributed by atoms with Gasteiger partial charge in [0.2, 0.25) is 5.91 Å². The van der Waals surface area contributed by atoms with Gasteiger partial charge >= 0.3 is 0 Å². The highest BCUT2D eigenvalue weighted by atomic mass is 16.5. The van der Waals surface area contributed by atoms with Crippen LogP contribution in [0, 0.1) is 6.57 Å². The van der Waals surface area contributed by atoms with Gasteiger partial charge in [-0.05, 0) is 53.6 Å². The summed E-state index contributed by atoms with van der Waals surface area (Å²) in [6.07, 6.45) is 2.25. The second kappa shape index (κ2) is 10.4. The zero-order valence-electron chi connectivity index (χ0n) is 21.8. The van der Waals surface area contributed by atoms with E-state index in [2.05, 4.69) is 52.0 Å². The Morgan fingerprint density at radius 3 is 2.62 bits per heavy atom. The van der Waals surface area contributed by atoms with Crippen molar-refractivity contribution >= 4 is 17.5 Å². The standard InChI is InChI=1S/C32H30N4O3/c1-21-6-13-29(31(37)34-21)36-19-28-27(32(36)38)4-3-5-30(28)39-20-23-9-7-22(8-10-23)17-35-15-14-24-11-12-26(33-2)16-25(24)18-35/h3-5,7-12,16,29H,1,6,13-15,17-20H2,(H,34,37)/t29-/m0/s1. The maximum Gasteiger partial charge on any atom is 0.255 e. The first kappa shape index (κ1) is 24.9. The van der Waals surface area contributed by atoms with Crippen molar-refractivity contribution in [3.63, 3.8) is 0 Å². The van der Waals surface area contributed by atoms with Crippen molar-refractivity contribution in [2.24, 2.45) is 0 Å². The van der Waals surface area contributed by atoms with Gasteiger partial charge in [0.1, 0.15) is 18.4 Å². The minimum absolute atomic E-state index is 0.127. The van der Waals surface area contributed by atoms with Gasteiger partial charge in [-0.25, -0.2) is 4.85 Å². The van der Waals surface area contributed by atoms with Crippen LogP contribution in [0.15, 0.2) is 72.9 Å². The van der Waals surface area contributed by atoms with Gasteiger partial charge in [-0.3, -0.25) is 14.5 Å². The fourth-order valence-corrected chi connectivity index (χ4v) is 5.74. The van der Waals surface area contributed by atoms with Crippen LogP contribution in [0.4, 0.5) is 5.69 Å². The van der Waals surface area contributed by atoms with Gasteiger partial charge in [-0.2, -0.15) is 0 Å². The number of rotatable bonds is 6. The van der Waals surface area contributed by atoms with Crippen LogP contribution in [0.1, 0.15) is 51.0 Å². The fourth-order valence-electron chi connectivity index (χ4n) is 5.74. The van der Waals surface area contributed by atoms with Crippen molar-refractivity contribution in [1.29, 1.82) is 0 Å². The van der Waals surface area contributed by atoms with Gasteiger partial charge < -0.3 is 15.0 Å². The summed E-state index contributed by atoms with van der Waals surface area (Å²) in [5.74, 6) is 0.383. The lowest BCUT2D eigenvalue weighted by molar-refractivity contribution is -0.126. The summed E-state index contributed by atoms with van der Waals surface area (Å²) in [5, 5.41) is 2.78. The molecule has 0 bridgehead atoms. The predicted octanol–water partition coefficient (Wildman–Crippen LogP) is 5.12. The molecule has 3 heterocycles. The molecule has 7 heteroatoms. The summed E-state index contributed by atoms with van der Waals surface area (Å²) in [4.78, 5) is 33.2. The number of piperidine rings is 1. The van der Waals surface area contributed by atoms with Gasteiger partial charge in [0.05, 0.1) is 13.1 Å². The Morgan fingerprint density at radius 2 is 1.82 bits per heavy atom. The lowest BCUT2D eigenvalue weighted by Crippen LogP contribution is -2.49. The van der Waals surface area contributed by atoms with E-state index in [-0.39, 0.29) is 11.8 Å². The third-order valence-electron chi connectivity index (χ3n) is 7.88. The topological polar surface area (TPSA) is 66.2 Å². The number of nitrogens with zero attached hydrogens (tertiary/aromatic N) is 3. The molecule has 0 saturated carbocycles. The van der Waals surface area contributed by atoms with Crippen molar-refractivity contribution in [2.75, 3.05) is 6.54 Å². The van der Waals surface area contributed by atoms with E-state index < -0.39 is 6.04 Å². The number of amides is 2. The first-order chi connectivity index (χ1) is 19.0. The molecule has 1 fully saturated rings. The molecule has 196 valence electrons. The molecule has 3 aliphatic rings. The largest absolute Gasteiger partial charge is 0.489 e. The van der Waals surface area contributed by atoms with Crippen LogP contribution in [0.25, 0.3) is 4.85 Å². The number of nitrogens with one attached hydrogen (secondary N) is 1. The molecule has 3 aromatic carbocycles. The van der Waals surface area contributed by atoms with Crippen molar-refractivity contribution < 1.29 is 14.3 Å². The summed E-state index contributed by atoms with van der Waals surface area (Å²) in [5.41, 5.74) is 7.72. The Labute approximate surface area is 228 Å². The van der Waals surface area contributed by atoms with Gasteiger partial charge in [0, 0.05) is 36.5 Å². The summed E-state index contributed by atoms with van der Waals surface area (Å²) in [6.45, 7) is 14.6.